The van der Waals surface area contributed by atoms with E-state index in [-0.39, 0.29) is 0 Å². The molecule has 0 radical (unpaired) electrons. The summed E-state index contributed by atoms with van der Waals surface area (Å²) >= 11 is 3.07. The number of hydrogen-bond donors (Lipinski definition) is 1. The van der Waals surface area contributed by atoms with Crippen molar-refractivity contribution in [1.82, 2.24) is 4.98 Å². The molecule has 54 valence electrons. The SMILES string of the molecule is Cc1nc(O)c(F)cc1Br. The Hall–Kier alpha value is -0.640. The van der Waals surface area contributed by atoms with Crippen molar-refractivity contribution in [3.63, 3.8) is 0 Å². The van der Waals surface area contributed by atoms with Gasteiger partial charge in [-0.1, -0.05) is 0 Å². The zero-order chi connectivity index (χ0) is 7.72. The van der Waals surface area contributed by atoms with Crippen LogP contribution >= 0.6 is 15.9 Å². The molecule has 1 aromatic heterocycles. The van der Waals surface area contributed by atoms with Crippen LogP contribution in [-0.4, -0.2) is 10.1 Å². The summed E-state index contributed by atoms with van der Waals surface area (Å²) in [5.74, 6) is -1.27. The van der Waals surface area contributed by atoms with Crippen LogP contribution in [0.4, 0.5) is 4.39 Å². The zero-order valence-corrected chi connectivity index (χ0v) is 6.81. The van der Waals surface area contributed by atoms with Crippen LogP contribution in [0.5, 0.6) is 5.88 Å². The molecule has 1 heterocycles. The quantitative estimate of drug-likeness (QED) is 0.704. The lowest BCUT2D eigenvalue weighted by atomic mass is 10.4. The molecule has 0 aliphatic rings. The maximum Gasteiger partial charge on any atom is 0.248 e. The number of halogens is 2. The van der Waals surface area contributed by atoms with Crippen molar-refractivity contribution >= 4 is 15.9 Å². The molecule has 1 rings (SSSR count). The van der Waals surface area contributed by atoms with Crippen LogP contribution in [-0.2, 0) is 0 Å². The second-order valence-electron chi connectivity index (χ2n) is 1.86. The molecule has 1 N–H and O–H groups in total. The molecule has 0 amide bonds. The standard InChI is InChI=1S/C6H5BrFNO/c1-3-4(7)2-5(8)6(10)9-3/h2H,1H3,(H,9,10). The van der Waals surface area contributed by atoms with Gasteiger partial charge in [0.1, 0.15) is 0 Å². The lowest BCUT2D eigenvalue weighted by molar-refractivity contribution is 0.409. The van der Waals surface area contributed by atoms with Gasteiger partial charge in [0.25, 0.3) is 0 Å². The summed E-state index contributed by atoms with van der Waals surface area (Å²) in [6, 6.07) is 1.18. The zero-order valence-electron chi connectivity index (χ0n) is 5.23. The molecule has 0 aromatic carbocycles. The first-order chi connectivity index (χ1) is 4.61. The Bertz CT molecular complexity index is 214. The summed E-state index contributed by atoms with van der Waals surface area (Å²) in [5, 5.41) is 8.72. The molecule has 0 saturated heterocycles. The first-order valence-electron chi connectivity index (χ1n) is 2.63. The summed E-state index contributed by atoms with van der Waals surface area (Å²) in [4.78, 5) is 3.51. The van der Waals surface area contributed by atoms with Crippen LogP contribution in [0.15, 0.2) is 10.5 Å². The summed E-state index contributed by atoms with van der Waals surface area (Å²) in [5.41, 5.74) is 0.568. The van der Waals surface area contributed by atoms with E-state index in [2.05, 4.69) is 20.9 Å². The van der Waals surface area contributed by atoms with E-state index < -0.39 is 11.7 Å². The van der Waals surface area contributed by atoms with Gasteiger partial charge in [0.05, 0.1) is 5.69 Å². The number of rotatable bonds is 0. The molecular weight excluding hydrogens is 201 g/mol. The minimum Gasteiger partial charge on any atom is -0.491 e. The number of aromatic hydroxyl groups is 1. The van der Waals surface area contributed by atoms with Gasteiger partial charge < -0.3 is 5.11 Å². The van der Waals surface area contributed by atoms with Gasteiger partial charge in [-0.15, -0.1) is 0 Å². The van der Waals surface area contributed by atoms with Crippen molar-refractivity contribution in [1.29, 1.82) is 0 Å². The van der Waals surface area contributed by atoms with Crippen molar-refractivity contribution < 1.29 is 9.50 Å². The molecule has 0 spiro atoms. The van der Waals surface area contributed by atoms with Crippen molar-refractivity contribution in [2.75, 3.05) is 0 Å². The molecule has 0 aliphatic heterocycles. The van der Waals surface area contributed by atoms with E-state index in [1.807, 2.05) is 0 Å². The van der Waals surface area contributed by atoms with Crippen molar-refractivity contribution in [3.05, 3.63) is 22.1 Å². The number of hydrogen-bond acceptors (Lipinski definition) is 2. The third-order valence-electron chi connectivity index (χ3n) is 1.09. The van der Waals surface area contributed by atoms with Crippen LogP contribution < -0.4 is 0 Å². The second-order valence-corrected chi connectivity index (χ2v) is 2.72. The summed E-state index contributed by atoms with van der Waals surface area (Å²) in [6.07, 6.45) is 0. The fraction of sp³-hybridized carbons (Fsp3) is 0.167. The number of aromatic nitrogens is 1. The van der Waals surface area contributed by atoms with E-state index in [9.17, 15) is 4.39 Å². The van der Waals surface area contributed by atoms with Crippen molar-refractivity contribution in [3.8, 4) is 5.88 Å². The topological polar surface area (TPSA) is 33.1 Å². The molecule has 0 unspecified atom stereocenters. The average molecular weight is 206 g/mol. The molecular formula is C6H5BrFNO. The number of aryl methyl sites for hydroxylation is 1. The Balaban J connectivity index is 3.28. The lowest BCUT2D eigenvalue weighted by Gasteiger charge is -1.97. The van der Waals surface area contributed by atoms with Gasteiger partial charge in [0.2, 0.25) is 5.88 Å². The predicted octanol–water partition coefficient (Wildman–Crippen LogP) is 2.00. The van der Waals surface area contributed by atoms with Crippen LogP contribution in [0.2, 0.25) is 0 Å². The third kappa shape index (κ3) is 1.26. The van der Waals surface area contributed by atoms with Crippen LogP contribution in [0.3, 0.4) is 0 Å². The van der Waals surface area contributed by atoms with Crippen LogP contribution in [0.1, 0.15) is 5.69 Å². The van der Waals surface area contributed by atoms with E-state index in [0.29, 0.717) is 10.2 Å². The lowest BCUT2D eigenvalue weighted by Crippen LogP contribution is -1.86. The Morgan fingerprint density at radius 2 is 2.30 bits per heavy atom. The summed E-state index contributed by atoms with van der Waals surface area (Å²) < 4.78 is 13.0. The highest BCUT2D eigenvalue weighted by Crippen LogP contribution is 2.20. The molecule has 0 fully saturated rings. The fourth-order valence-corrected chi connectivity index (χ4v) is 0.836. The van der Waals surface area contributed by atoms with Gasteiger partial charge in [-0.25, -0.2) is 9.37 Å². The minimum absolute atomic E-state index is 0.555. The smallest absolute Gasteiger partial charge is 0.248 e. The minimum atomic E-state index is -0.711. The summed E-state index contributed by atoms with van der Waals surface area (Å²) in [6.45, 7) is 1.67. The highest BCUT2D eigenvalue weighted by molar-refractivity contribution is 9.10. The van der Waals surface area contributed by atoms with Crippen molar-refractivity contribution in [2.24, 2.45) is 0 Å². The molecule has 0 saturated carbocycles. The van der Waals surface area contributed by atoms with Gasteiger partial charge in [-0.2, -0.15) is 0 Å². The maximum atomic E-state index is 12.4. The predicted molar refractivity (Wildman–Crippen MR) is 38.3 cm³/mol. The monoisotopic (exact) mass is 205 g/mol. The van der Waals surface area contributed by atoms with E-state index in [1.54, 1.807) is 6.92 Å². The van der Waals surface area contributed by atoms with Gasteiger partial charge in [0, 0.05) is 4.47 Å². The average Bonchev–Trinajstić information content (AvgIpc) is 1.84. The van der Waals surface area contributed by atoms with Gasteiger partial charge in [-0.3, -0.25) is 0 Å². The molecule has 0 aliphatic carbocycles. The largest absolute Gasteiger partial charge is 0.491 e. The Morgan fingerprint density at radius 3 is 2.80 bits per heavy atom. The molecule has 1 aromatic rings. The van der Waals surface area contributed by atoms with E-state index in [1.165, 1.54) is 6.07 Å². The fourth-order valence-electron chi connectivity index (χ4n) is 0.546. The second kappa shape index (κ2) is 2.54. The van der Waals surface area contributed by atoms with E-state index in [0.717, 1.165) is 0 Å². The molecule has 10 heavy (non-hydrogen) atoms. The van der Waals surface area contributed by atoms with E-state index in [4.69, 9.17) is 5.11 Å². The third-order valence-corrected chi connectivity index (χ3v) is 1.89. The molecule has 2 nitrogen and oxygen atoms in total. The van der Waals surface area contributed by atoms with E-state index >= 15 is 0 Å². The van der Waals surface area contributed by atoms with Gasteiger partial charge in [0.15, 0.2) is 5.82 Å². The van der Waals surface area contributed by atoms with Gasteiger partial charge in [-0.05, 0) is 28.9 Å². The Kier molecular flexibility index (Phi) is 1.89. The van der Waals surface area contributed by atoms with Crippen LogP contribution in [0.25, 0.3) is 0 Å². The number of nitrogens with zero attached hydrogens (tertiary/aromatic N) is 1. The highest BCUT2D eigenvalue weighted by atomic mass is 79.9. The Morgan fingerprint density at radius 1 is 1.70 bits per heavy atom. The van der Waals surface area contributed by atoms with Gasteiger partial charge >= 0.3 is 0 Å². The first-order valence-corrected chi connectivity index (χ1v) is 3.42. The molecule has 0 bridgehead atoms. The maximum absolute atomic E-state index is 12.4. The Labute approximate surface area is 65.8 Å². The number of pyridine rings is 1. The molecule has 4 heteroatoms. The first kappa shape index (κ1) is 7.47. The summed E-state index contributed by atoms with van der Waals surface area (Å²) in [7, 11) is 0. The van der Waals surface area contributed by atoms with Crippen LogP contribution in [0, 0.1) is 12.7 Å². The normalized spacial score (nSPS) is 9.90. The highest BCUT2D eigenvalue weighted by Gasteiger charge is 2.04. The van der Waals surface area contributed by atoms with Crippen molar-refractivity contribution in [2.45, 2.75) is 6.92 Å². The molecule has 0 atom stereocenters.